The first kappa shape index (κ1) is 12.0. The zero-order valence-electron chi connectivity index (χ0n) is 9.15. The Labute approximate surface area is 93.9 Å². The molecule has 0 aliphatic carbocycles. The Hall–Kier alpha value is -1.03. The van der Waals surface area contributed by atoms with Gasteiger partial charge in [-0.25, -0.2) is 4.98 Å². The molecular weight excluding hydrogens is 210 g/mol. The van der Waals surface area contributed by atoms with Crippen molar-refractivity contribution in [3.63, 3.8) is 0 Å². The molecule has 0 unspecified atom stereocenters. The zero-order valence-corrected chi connectivity index (χ0v) is 9.97. The summed E-state index contributed by atoms with van der Waals surface area (Å²) < 4.78 is 0. The van der Waals surface area contributed by atoms with Crippen LogP contribution in [0.2, 0.25) is 0 Å². The second kappa shape index (κ2) is 4.66. The fraction of sp³-hybridized carbons (Fsp3) is 0.455. The maximum atomic E-state index is 10.4. The number of aromatic nitrogens is 1. The minimum Gasteiger partial charge on any atom is -0.481 e. The summed E-state index contributed by atoms with van der Waals surface area (Å²) >= 11 is 1.24. The van der Waals surface area contributed by atoms with E-state index in [1.807, 2.05) is 18.3 Å². The van der Waals surface area contributed by atoms with Crippen molar-refractivity contribution in [1.29, 1.82) is 0 Å². The fourth-order valence-corrected chi connectivity index (χ4v) is 1.61. The molecule has 0 saturated carbocycles. The summed E-state index contributed by atoms with van der Waals surface area (Å²) in [5.74, 6) is -0.760. The summed E-state index contributed by atoms with van der Waals surface area (Å²) in [5.41, 5.74) is 1.24. The molecule has 1 aromatic rings. The number of carboxylic acid groups (broad SMARTS) is 1. The third-order valence-corrected chi connectivity index (χ3v) is 2.87. The van der Waals surface area contributed by atoms with Crippen LogP contribution in [0, 0.1) is 0 Å². The molecule has 1 N–H and O–H groups in total. The highest BCUT2D eigenvalue weighted by Crippen LogP contribution is 2.23. The van der Waals surface area contributed by atoms with Gasteiger partial charge in [-0.05, 0) is 17.0 Å². The largest absolute Gasteiger partial charge is 0.481 e. The molecule has 0 aliphatic rings. The number of hydrogen-bond acceptors (Lipinski definition) is 3. The van der Waals surface area contributed by atoms with Crippen LogP contribution in [-0.4, -0.2) is 21.8 Å². The number of carbonyl (C=O) groups is 1. The van der Waals surface area contributed by atoms with Crippen molar-refractivity contribution in [2.75, 3.05) is 5.75 Å². The van der Waals surface area contributed by atoms with Crippen molar-refractivity contribution in [2.24, 2.45) is 0 Å². The molecule has 1 heterocycles. The zero-order chi connectivity index (χ0) is 11.5. The lowest BCUT2D eigenvalue weighted by Gasteiger charge is -2.18. The average molecular weight is 225 g/mol. The minimum atomic E-state index is -0.818. The summed E-state index contributed by atoms with van der Waals surface area (Å²) in [6.07, 6.45) is 1.81. The number of nitrogens with zero attached hydrogens (tertiary/aromatic N) is 1. The van der Waals surface area contributed by atoms with Gasteiger partial charge >= 0.3 is 5.97 Å². The summed E-state index contributed by atoms with van der Waals surface area (Å²) in [6, 6.07) is 3.87. The number of carboxylic acids is 1. The molecule has 0 spiro atoms. The van der Waals surface area contributed by atoms with Crippen LogP contribution in [0.15, 0.2) is 23.4 Å². The first-order valence-corrected chi connectivity index (χ1v) is 5.69. The topological polar surface area (TPSA) is 50.2 Å². The maximum absolute atomic E-state index is 10.4. The molecule has 0 radical (unpaired) electrons. The van der Waals surface area contributed by atoms with E-state index in [9.17, 15) is 4.79 Å². The van der Waals surface area contributed by atoms with Crippen LogP contribution in [0.4, 0.5) is 0 Å². The molecule has 4 heteroatoms. The van der Waals surface area contributed by atoms with Crippen LogP contribution in [0.5, 0.6) is 0 Å². The fourth-order valence-electron chi connectivity index (χ4n) is 1.05. The summed E-state index contributed by atoms with van der Waals surface area (Å²) in [7, 11) is 0. The first-order valence-electron chi connectivity index (χ1n) is 4.71. The molecule has 0 saturated heterocycles. The molecule has 0 aliphatic heterocycles. The smallest absolute Gasteiger partial charge is 0.313 e. The van der Waals surface area contributed by atoms with Crippen molar-refractivity contribution < 1.29 is 9.90 Å². The number of rotatable bonds is 3. The van der Waals surface area contributed by atoms with Crippen LogP contribution >= 0.6 is 11.8 Å². The van der Waals surface area contributed by atoms with E-state index in [1.54, 1.807) is 0 Å². The van der Waals surface area contributed by atoms with Crippen LogP contribution in [0.1, 0.15) is 26.3 Å². The Morgan fingerprint density at radius 2 is 2.13 bits per heavy atom. The Morgan fingerprint density at radius 1 is 1.47 bits per heavy atom. The van der Waals surface area contributed by atoms with Gasteiger partial charge in [0.05, 0.1) is 10.8 Å². The van der Waals surface area contributed by atoms with Crippen LogP contribution in [-0.2, 0) is 10.2 Å². The van der Waals surface area contributed by atoms with E-state index in [4.69, 9.17) is 5.11 Å². The Bertz CT molecular complexity index is 341. The highest BCUT2D eigenvalue weighted by molar-refractivity contribution is 7.99. The molecule has 0 bridgehead atoms. The van der Waals surface area contributed by atoms with Gasteiger partial charge in [0.15, 0.2) is 0 Å². The van der Waals surface area contributed by atoms with Gasteiger partial charge in [-0.3, -0.25) is 4.79 Å². The summed E-state index contributed by atoms with van der Waals surface area (Å²) in [4.78, 5) is 14.6. The second-order valence-electron chi connectivity index (χ2n) is 4.32. The number of aliphatic carboxylic acids is 1. The standard InChI is InChI=1S/C11H15NO2S/c1-11(2,3)8-4-5-9(12-6-8)15-7-10(13)14/h4-6H,7H2,1-3H3,(H,13,14). The van der Waals surface area contributed by atoms with E-state index >= 15 is 0 Å². The molecule has 1 aromatic heterocycles. The molecule has 0 aromatic carbocycles. The van der Waals surface area contributed by atoms with Crippen LogP contribution in [0.3, 0.4) is 0 Å². The molecule has 0 atom stereocenters. The Kier molecular flexibility index (Phi) is 3.74. The molecule has 3 nitrogen and oxygen atoms in total. The quantitative estimate of drug-likeness (QED) is 0.803. The van der Waals surface area contributed by atoms with E-state index < -0.39 is 5.97 Å². The third-order valence-electron chi connectivity index (χ3n) is 1.95. The summed E-state index contributed by atoms with van der Waals surface area (Å²) in [6.45, 7) is 6.36. The van der Waals surface area contributed by atoms with Crippen molar-refractivity contribution in [2.45, 2.75) is 31.2 Å². The van der Waals surface area contributed by atoms with E-state index in [1.165, 1.54) is 11.8 Å². The van der Waals surface area contributed by atoms with Crippen molar-refractivity contribution in [3.8, 4) is 0 Å². The highest BCUT2D eigenvalue weighted by Gasteiger charge is 2.13. The SMILES string of the molecule is CC(C)(C)c1ccc(SCC(=O)O)nc1. The van der Waals surface area contributed by atoms with Gasteiger partial charge in [0.25, 0.3) is 0 Å². The summed E-state index contributed by atoms with van der Waals surface area (Å²) in [5, 5.41) is 9.27. The van der Waals surface area contributed by atoms with Crippen LogP contribution in [0.25, 0.3) is 0 Å². The second-order valence-corrected chi connectivity index (χ2v) is 5.31. The van der Waals surface area contributed by atoms with E-state index in [0.29, 0.717) is 0 Å². The minimum absolute atomic E-state index is 0.0574. The third kappa shape index (κ3) is 3.91. The number of thioether (sulfide) groups is 1. The first-order chi connectivity index (χ1) is 6.89. The average Bonchev–Trinajstić information content (AvgIpc) is 2.14. The number of hydrogen-bond donors (Lipinski definition) is 1. The van der Waals surface area contributed by atoms with Crippen molar-refractivity contribution in [3.05, 3.63) is 23.9 Å². The predicted octanol–water partition coefficient (Wildman–Crippen LogP) is 2.56. The van der Waals surface area contributed by atoms with Crippen molar-refractivity contribution >= 4 is 17.7 Å². The number of pyridine rings is 1. The molecule has 1 rings (SSSR count). The van der Waals surface area contributed by atoms with Gasteiger partial charge in [-0.1, -0.05) is 38.6 Å². The van der Waals surface area contributed by atoms with Gasteiger partial charge in [-0.15, -0.1) is 0 Å². The van der Waals surface area contributed by atoms with E-state index in [0.717, 1.165) is 10.6 Å². The Balaban J connectivity index is 2.69. The van der Waals surface area contributed by atoms with Gasteiger partial charge in [0, 0.05) is 6.20 Å². The van der Waals surface area contributed by atoms with Crippen molar-refractivity contribution in [1.82, 2.24) is 4.98 Å². The molecular formula is C11H15NO2S. The van der Waals surface area contributed by atoms with Gasteiger partial charge in [0.2, 0.25) is 0 Å². The lowest BCUT2D eigenvalue weighted by molar-refractivity contribution is -0.133. The monoisotopic (exact) mass is 225 g/mol. The lowest BCUT2D eigenvalue weighted by Crippen LogP contribution is -2.11. The lowest BCUT2D eigenvalue weighted by atomic mass is 9.88. The van der Waals surface area contributed by atoms with Gasteiger partial charge < -0.3 is 5.11 Å². The van der Waals surface area contributed by atoms with Gasteiger partial charge in [-0.2, -0.15) is 0 Å². The Morgan fingerprint density at radius 3 is 2.53 bits per heavy atom. The van der Waals surface area contributed by atoms with E-state index in [2.05, 4.69) is 25.8 Å². The van der Waals surface area contributed by atoms with Gasteiger partial charge in [0.1, 0.15) is 0 Å². The highest BCUT2D eigenvalue weighted by atomic mass is 32.2. The maximum Gasteiger partial charge on any atom is 0.313 e. The predicted molar refractivity (Wildman–Crippen MR) is 61.3 cm³/mol. The molecule has 0 amide bonds. The molecule has 15 heavy (non-hydrogen) atoms. The molecule has 82 valence electrons. The molecule has 0 fully saturated rings. The van der Waals surface area contributed by atoms with E-state index in [-0.39, 0.29) is 11.2 Å². The normalized spacial score (nSPS) is 11.4. The van der Waals surface area contributed by atoms with Crippen LogP contribution < -0.4 is 0 Å².